The fourth-order valence-electron chi connectivity index (χ4n) is 3.54. The number of carbonyl (C=O) groups excluding carboxylic acids is 1. The largest absolute Gasteiger partial charge is 0.352 e. The number of nitrogens with zero attached hydrogens (tertiary/aromatic N) is 1. The van der Waals surface area contributed by atoms with Crippen LogP contribution in [-0.4, -0.2) is 36.0 Å². The molecule has 2 fully saturated rings. The van der Waals surface area contributed by atoms with Crippen molar-refractivity contribution in [3.63, 3.8) is 0 Å². The molecule has 3 unspecified atom stereocenters. The van der Waals surface area contributed by atoms with Crippen LogP contribution in [0.1, 0.15) is 59.3 Å². The van der Waals surface area contributed by atoms with Crippen molar-refractivity contribution in [2.24, 2.45) is 11.8 Å². The van der Waals surface area contributed by atoms with E-state index in [9.17, 15) is 4.79 Å². The second-order valence-corrected chi connectivity index (χ2v) is 6.67. The summed E-state index contributed by atoms with van der Waals surface area (Å²) in [5.74, 6) is 1.81. The van der Waals surface area contributed by atoms with Gasteiger partial charge in [-0.15, -0.1) is 0 Å². The maximum absolute atomic E-state index is 11.3. The zero-order chi connectivity index (χ0) is 13.8. The monoisotopic (exact) mass is 266 g/mol. The van der Waals surface area contributed by atoms with Crippen molar-refractivity contribution in [3.8, 4) is 0 Å². The molecule has 110 valence electrons. The molecule has 19 heavy (non-hydrogen) atoms. The number of carbonyl (C=O) groups is 1. The lowest BCUT2D eigenvalue weighted by atomic mass is 9.88. The quantitative estimate of drug-likeness (QED) is 0.802. The van der Waals surface area contributed by atoms with Crippen molar-refractivity contribution in [1.82, 2.24) is 10.2 Å². The summed E-state index contributed by atoms with van der Waals surface area (Å²) < 4.78 is 0. The first kappa shape index (κ1) is 14.8. The van der Waals surface area contributed by atoms with E-state index in [1.165, 1.54) is 45.1 Å². The summed E-state index contributed by atoms with van der Waals surface area (Å²) in [5.41, 5.74) is 0. The van der Waals surface area contributed by atoms with Crippen molar-refractivity contribution >= 4 is 5.91 Å². The summed E-state index contributed by atoms with van der Waals surface area (Å²) in [5, 5.41) is 3.15. The fraction of sp³-hybridized carbons (Fsp3) is 0.938. The first-order chi connectivity index (χ1) is 9.10. The molecule has 1 saturated heterocycles. The normalized spacial score (nSPS) is 30.1. The van der Waals surface area contributed by atoms with Crippen LogP contribution in [0.5, 0.6) is 0 Å². The Labute approximate surface area is 118 Å². The molecule has 1 amide bonds. The predicted octanol–water partition coefficient (Wildman–Crippen LogP) is 2.80. The van der Waals surface area contributed by atoms with Gasteiger partial charge in [0.25, 0.3) is 0 Å². The Kier molecular flexibility index (Phi) is 5.26. The standard InChI is InChI=1S/C16H30N2O/c1-4-5-6-14-9-16(17-13(3)19)11-18(10-14)12(2)15-7-8-15/h12,14-16H,4-11H2,1-3H3,(H,17,19). The van der Waals surface area contributed by atoms with Gasteiger partial charge in [-0.2, -0.15) is 0 Å². The van der Waals surface area contributed by atoms with Crippen molar-refractivity contribution < 1.29 is 4.79 Å². The Morgan fingerprint density at radius 1 is 1.37 bits per heavy atom. The molecule has 2 aliphatic rings. The van der Waals surface area contributed by atoms with Crippen LogP contribution in [0.25, 0.3) is 0 Å². The summed E-state index contributed by atoms with van der Waals surface area (Å²) in [4.78, 5) is 14.0. The van der Waals surface area contributed by atoms with Gasteiger partial charge in [-0.25, -0.2) is 0 Å². The zero-order valence-corrected chi connectivity index (χ0v) is 12.8. The SMILES string of the molecule is CCCCC1CC(NC(C)=O)CN(C(C)C2CC2)C1. The lowest BCUT2D eigenvalue weighted by Gasteiger charge is -2.41. The van der Waals surface area contributed by atoms with Gasteiger partial charge in [-0.1, -0.05) is 19.8 Å². The molecule has 2 rings (SSSR count). The molecule has 1 heterocycles. The van der Waals surface area contributed by atoms with Crippen LogP contribution in [0.4, 0.5) is 0 Å². The average molecular weight is 266 g/mol. The van der Waals surface area contributed by atoms with Gasteiger partial charge >= 0.3 is 0 Å². The molecule has 3 heteroatoms. The van der Waals surface area contributed by atoms with Gasteiger partial charge in [0.15, 0.2) is 0 Å². The van der Waals surface area contributed by atoms with Crippen molar-refractivity contribution in [2.75, 3.05) is 13.1 Å². The minimum atomic E-state index is 0.125. The molecule has 0 aromatic carbocycles. The number of hydrogen-bond donors (Lipinski definition) is 1. The van der Waals surface area contributed by atoms with E-state index < -0.39 is 0 Å². The molecule has 0 spiro atoms. The number of unbranched alkanes of at least 4 members (excludes halogenated alkanes) is 1. The maximum atomic E-state index is 11.3. The highest BCUT2D eigenvalue weighted by Crippen LogP contribution is 2.37. The molecule has 0 aromatic heterocycles. The lowest BCUT2D eigenvalue weighted by Crippen LogP contribution is -2.53. The van der Waals surface area contributed by atoms with Crippen LogP contribution in [0.3, 0.4) is 0 Å². The van der Waals surface area contributed by atoms with E-state index in [2.05, 4.69) is 24.1 Å². The molecule has 3 atom stereocenters. The number of likely N-dealkylation sites (tertiary alicyclic amines) is 1. The van der Waals surface area contributed by atoms with Gasteiger partial charge in [0, 0.05) is 32.1 Å². The molecular weight excluding hydrogens is 236 g/mol. The highest BCUT2D eigenvalue weighted by molar-refractivity contribution is 5.73. The van der Waals surface area contributed by atoms with Gasteiger partial charge in [-0.05, 0) is 44.4 Å². The Morgan fingerprint density at radius 3 is 2.68 bits per heavy atom. The third kappa shape index (κ3) is 4.48. The van der Waals surface area contributed by atoms with E-state index in [0.29, 0.717) is 12.1 Å². The lowest BCUT2D eigenvalue weighted by molar-refractivity contribution is -0.120. The summed E-state index contributed by atoms with van der Waals surface area (Å²) in [6.45, 7) is 8.58. The molecule has 0 aromatic rings. The molecule has 1 saturated carbocycles. The first-order valence-electron chi connectivity index (χ1n) is 8.11. The summed E-state index contributed by atoms with van der Waals surface area (Å²) >= 11 is 0. The highest BCUT2D eigenvalue weighted by atomic mass is 16.1. The van der Waals surface area contributed by atoms with Crippen LogP contribution in [0.2, 0.25) is 0 Å². The second-order valence-electron chi connectivity index (χ2n) is 6.67. The number of hydrogen-bond acceptors (Lipinski definition) is 2. The zero-order valence-electron chi connectivity index (χ0n) is 12.8. The summed E-state index contributed by atoms with van der Waals surface area (Å²) in [6.07, 6.45) is 7.90. The minimum Gasteiger partial charge on any atom is -0.352 e. The van der Waals surface area contributed by atoms with Crippen LogP contribution in [0.15, 0.2) is 0 Å². The Morgan fingerprint density at radius 2 is 2.11 bits per heavy atom. The Hall–Kier alpha value is -0.570. The van der Waals surface area contributed by atoms with Crippen LogP contribution in [-0.2, 0) is 4.79 Å². The van der Waals surface area contributed by atoms with Crippen molar-refractivity contribution in [2.45, 2.75) is 71.4 Å². The predicted molar refractivity (Wildman–Crippen MR) is 79.0 cm³/mol. The molecule has 3 nitrogen and oxygen atoms in total. The average Bonchev–Trinajstić information content (AvgIpc) is 3.18. The number of piperidine rings is 1. The summed E-state index contributed by atoms with van der Waals surface area (Å²) in [7, 11) is 0. The molecule has 1 N–H and O–H groups in total. The molecule has 0 bridgehead atoms. The maximum Gasteiger partial charge on any atom is 0.217 e. The van der Waals surface area contributed by atoms with Gasteiger partial charge in [0.2, 0.25) is 5.91 Å². The highest BCUT2D eigenvalue weighted by Gasteiger charge is 2.36. The molecule has 1 aliphatic carbocycles. The smallest absolute Gasteiger partial charge is 0.217 e. The van der Waals surface area contributed by atoms with E-state index in [-0.39, 0.29) is 5.91 Å². The topological polar surface area (TPSA) is 32.3 Å². The van der Waals surface area contributed by atoms with Gasteiger partial charge < -0.3 is 5.32 Å². The number of nitrogens with one attached hydrogen (secondary N) is 1. The van der Waals surface area contributed by atoms with Crippen LogP contribution in [0, 0.1) is 11.8 Å². The number of amides is 1. The van der Waals surface area contributed by atoms with E-state index in [1.54, 1.807) is 6.92 Å². The third-order valence-corrected chi connectivity index (χ3v) is 4.82. The van der Waals surface area contributed by atoms with Gasteiger partial charge in [0.1, 0.15) is 0 Å². The summed E-state index contributed by atoms with van der Waals surface area (Å²) in [6, 6.07) is 1.08. The van der Waals surface area contributed by atoms with E-state index >= 15 is 0 Å². The van der Waals surface area contributed by atoms with Crippen molar-refractivity contribution in [3.05, 3.63) is 0 Å². The number of rotatable bonds is 6. The molecular formula is C16H30N2O. The fourth-order valence-corrected chi connectivity index (χ4v) is 3.54. The van der Waals surface area contributed by atoms with Crippen molar-refractivity contribution in [1.29, 1.82) is 0 Å². The van der Waals surface area contributed by atoms with E-state index in [0.717, 1.165) is 18.4 Å². The first-order valence-corrected chi connectivity index (χ1v) is 8.11. The van der Waals surface area contributed by atoms with Gasteiger partial charge in [0.05, 0.1) is 0 Å². The van der Waals surface area contributed by atoms with Crippen LogP contribution >= 0.6 is 0 Å². The second kappa shape index (κ2) is 6.74. The third-order valence-electron chi connectivity index (χ3n) is 4.82. The Bertz CT molecular complexity index is 301. The molecule has 0 radical (unpaired) electrons. The Balaban J connectivity index is 1.91. The minimum absolute atomic E-state index is 0.125. The van der Waals surface area contributed by atoms with E-state index in [1.807, 2.05) is 0 Å². The molecule has 1 aliphatic heterocycles. The van der Waals surface area contributed by atoms with Gasteiger partial charge in [-0.3, -0.25) is 9.69 Å². The van der Waals surface area contributed by atoms with Crippen LogP contribution < -0.4 is 5.32 Å². The van der Waals surface area contributed by atoms with E-state index in [4.69, 9.17) is 0 Å².